The Morgan fingerprint density at radius 3 is 3.00 bits per heavy atom. The maximum atomic E-state index is 11.2. The summed E-state index contributed by atoms with van der Waals surface area (Å²) in [6.45, 7) is -0.0282. The normalized spacial score (nSPS) is 9.43. The zero-order chi connectivity index (χ0) is 10.4. The van der Waals surface area contributed by atoms with Gasteiger partial charge in [0.25, 0.3) is 0 Å². The van der Waals surface area contributed by atoms with E-state index in [0.717, 1.165) is 0 Å². The van der Waals surface area contributed by atoms with E-state index in [0.29, 0.717) is 6.42 Å². The molecular formula is C10H10O4. The summed E-state index contributed by atoms with van der Waals surface area (Å²) < 4.78 is 9.94. The van der Waals surface area contributed by atoms with Gasteiger partial charge >= 0.3 is 0 Å². The average Bonchev–Trinajstić information content (AvgIpc) is 2.20. The van der Waals surface area contributed by atoms with Crippen LogP contribution in [0.1, 0.15) is 12.2 Å². The SMILES string of the molecule is C#CCCOc1coc(CO)cc1=O. The predicted octanol–water partition coefficient (Wildman–Crippen LogP) is 0.534. The van der Waals surface area contributed by atoms with Gasteiger partial charge in [-0.1, -0.05) is 0 Å². The molecule has 74 valence electrons. The van der Waals surface area contributed by atoms with Gasteiger partial charge in [0.2, 0.25) is 11.2 Å². The first kappa shape index (κ1) is 10.4. The minimum absolute atomic E-state index is 0.109. The Bertz CT molecular complexity index is 386. The molecule has 0 aliphatic heterocycles. The van der Waals surface area contributed by atoms with Crippen LogP contribution in [0.25, 0.3) is 0 Å². The van der Waals surface area contributed by atoms with Crippen LogP contribution in [0.2, 0.25) is 0 Å². The molecule has 1 aromatic rings. The van der Waals surface area contributed by atoms with Gasteiger partial charge in [-0.2, -0.15) is 0 Å². The molecule has 1 rings (SSSR count). The third kappa shape index (κ3) is 2.64. The molecule has 0 bridgehead atoms. The molecule has 0 radical (unpaired) electrons. The molecule has 0 spiro atoms. The van der Waals surface area contributed by atoms with Gasteiger partial charge in [-0.15, -0.1) is 12.3 Å². The number of rotatable bonds is 4. The number of ether oxygens (including phenoxy) is 1. The fraction of sp³-hybridized carbons (Fsp3) is 0.300. The van der Waals surface area contributed by atoms with E-state index in [9.17, 15) is 4.79 Å². The first-order valence-electron chi connectivity index (χ1n) is 4.06. The molecule has 0 aromatic carbocycles. The van der Waals surface area contributed by atoms with E-state index >= 15 is 0 Å². The molecule has 1 heterocycles. The summed E-state index contributed by atoms with van der Waals surface area (Å²) in [5.41, 5.74) is -0.322. The Balaban J connectivity index is 2.70. The van der Waals surface area contributed by atoms with Crippen molar-refractivity contribution in [3.63, 3.8) is 0 Å². The van der Waals surface area contributed by atoms with Crippen molar-refractivity contribution in [1.82, 2.24) is 0 Å². The van der Waals surface area contributed by atoms with Gasteiger partial charge in [0.15, 0.2) is 0 Å². The van der Waals surface area contributed by atoms with Crippen molar-refractivity contribution in [2.45, 2.75) is 13.0 Å². The number of aliphatic hydroxyl groups is 1. The van der Waals surface area contributed by atoms with Crippen molar-refractivity contribution < 1.29 is 14.3 Å². The van der Waals surface area contributed by atoms with Crippen molar-refractivity contribution >= 4 is 0 Å². The third-order valence-corrected chi connectivity index (χ3v) is 1.51. The highest BCUT2D eigenvalue weighted by Gasteiger charge is 2.02. The van der Waals surface area contributed by atoms with Gasteiger partial charge in [0, 0.05) is 12.5 Å². The van der Waals surface area contributed by atoms with E-state index in [2.05, 4.69) is 5.92 Å². The van der Waals surface area contributed by atoms with E-state index in [-0.39, 0.29) is 30.2 Å². The summed E-state index contributed by atoms with van der Waals surface area (Å²) in [6, 6.07) is 1.19. The highest BCUT2D eigenvalue weighted by Crippen LogP contribution is 2.05. The van der Waals surface area contributed by atoms with Gasteiger partial charge in [-0.3, -0.25) is 4.79 Å². The smallest absolute Gasteiger partial charge is 0.227 e. The summed E-state index contributed by atoms with van der Waals surface area (Å²) in [7, 11) is 0. The van der Waals surface area contributed by atoms with E-state index in [1.165, 1.54) is 12.3 Å². The van der Waals surface area contributed by atoms with Crippen molar-refractivity contribution in [1.29, 1.82) is 0 Å². The average molecular weight is 194 g/mol. The van der Waals surface area contributed by atoms with Gasteiger partial charge in [-0.25, -0.2) is 0 Å². The first-order chi connectivity index (χ1) is 6.77. The van der Waals surface area contributed by atoms with Crippen LogP contribution in [0, 0.1) is 12.3 Å². The standard InChI is InChI=1S/C10H10O4/c1-2-3-4-13-10-7-14-8(6-11)5-9(10)12/h1,5,7,11H,3-4,6H2. The molecular weight excluding hydrogens is 184 g/mol. The zero-order valence-corrected chi connectivity index (χ0v) is 7.53. The van der Waals surface area contributed by atoms with Crippen molar-refractivity contribution in [2.75, 3.05) is 6.61 Å². The highest BCUT2D eigenvalue weighted by atomic mass is 16.5. The van der Waals surface area contributed by atoms with Crippen LogP contribution < -0.4 is 10.2 Å². The molecule has 4 heteroatoms. The monoisotopic (exact) mass is 194 g/mol. The minimum Gasteiger partial charge on any atom is -0.486 e. The Kier molecular flexibility index (Phi) is 3.77. The van der Waals surface area contributed by atoms with Crippen molar-refractivity contribution in [3.05, 3.63) is 28.3 Å². The molecule has 1 N–H and O–H groups in total. The minimum atomic E-state index is -0.322. The topological polar surface area (TPSA) is 59.7 Å². The van der Waals surface area contributed by atoms with Gasteiger partial charge in [0.1, 0.15) is 18.6 Å². The second-order valence-electron chi connectivity index (χ2n) is 2.54. The van der Waals surface area contributed by atoms with E-state index in [1.807, 2.05) is 0 Å². The third-order valence-electron chi connectivity index (χ3n) is 1.51. The lowest BCUT2D eigenvalue weighted by molar-refractivity contribution is 0.238. The number of hydrogen-bond donors (Lipinski definition) is 1. The number of aliphatic hydroxyl groups excluding tert-OH is 1. The van der Waals surface area contributed by atoms with Crippen LogP contribution in [0.3, 0.4) is 0 Å². The van der Waals surface area contributed by atoms with Crippen molar-refractivity contribution in [3.8, 4) is 18.1 Å². The molecule has 0 amide bonds. The number of hydrogen-bond acceptors (Lipinski definition) is 4. The second kappa shape index (κ2) is 5.10. The quantitative estimate of drug-likeness (QED) is 0.561. The Hall–Kier alpha value is -1.73. The molecule has 0 aliphatic rings. The fourth-order valence-corrected chi connectivity index (χ4v) is 0.847. The van der Waals surface area contributed by atoms with Gasteiger partial charge in [-0.05, 0) is 0 Å². The summed E-state index contributed by atoms with van der Waals surface area (Å²) in [6.07, 6.45) is 6.61. The summed E-state index contributed by atoms with van der Waals surface area (Å²) in [4.78, 5) is 11.2. The van der Waals surface area contributed by atoms with Crippen LogP contribution in [0.5, 0.6) is 5.75 Å². The van der Waals surface area contributed by atoms with E-state index in [4.69, 9.17) is 20.7 Å². The molecule has 14 heavy (non-hydrogen) atoms. The Morgan fingerprint density at radius 2 is 2.43 bits per heavy atom. The molecule has 0 atom stereocenters. The predicted molar refractivity (Wildman–Crippen MR) is 49.8 cm³/mol. The van der Waals surface area contributed by atoms with Crippen LogP contribution in [0.15, 0.2) is 21.5 Å². The van der Waals surface area contributed by atoms with Gasteiger partial charge < -0.3 is 14.3 Å². The molecule has 0 saturated carbocycles. The molecule has 1 aromatic heterocycles. The largest absolute Gasteiger partial charge is 0.486 e. The fourth-order valence-electron chi connectivity index (χ4n) is 0.847. The Labute approximate surface area is 81.1 Å². The maximum absolute atomic E-state index is 11.2. The molecule has 0 aliphatic carbocycles. The maximum Gasteiger partial charge on any atom is 0.227 e. The zero-order valence-electron chi connectivity index (χ0n) is 7.53. The van der Waals surface area contributed by atoms with E-state index in [1.54, 1.807) is 0 Å². The molecule has 0 saturated heterocycles. The molecule has 0 unspecified atom stereocenters. The van der Waals surface area contributed by atoms with Gasteiger partial charge in [0.05, 0.1) is 6.61 Å². The van der Waals surface area contributed by atoms with Crippen LogP contribution in [-0.4, -0.2) is 11.7 Å². The lowest BCUT2D eigenvalue weighted by atomic mass is 10.4. The summed E-state index contributed by atoms with van der Waals surface area (Å²) >= 11 is 0. The van der Waals surface area contributed by atoms with Crippen molar-refractivity contribution in [2.24, 2.45) is 0 Å². The Morgan fingerprint density at radius 1 is 1.64 bits per heavy atom. The lowest BCUT2D eigenvalue weighted by Crippen LogP contribution is -2.08. The summed E-state index contributed by atoms with van der Waals surface area (Å²) in [5.74, 6) is 2.70. The van der Waals surface area contributed by atoms with Crippen LogP contribution in [-0.2, 0) is 6.61 Å². The highest BCUT2D eigenvalue weighted by molar-refractivity contribution is 5.17. The summed E-state index contributed by atoms with van der Waals surface area (Å²) in [5, 5.41) is 8.67. The van der Waals surface area contributed by atoms with Crippen LogP contribution >= 0.6 is 0 Å². The lowest BCUT2D eigenvalue weighted by Gasteiger charge is -2.02. The molecule has 4 nitrogen and oxygen atoms in total. The van der Waals surface area contributed by atoms with E-state index < -0.39 is 0 Å². The first-order valence-corrected chi connectivity index (χ1v) is 4.06. The van der Waals surface area contributed by atoms with Crippen LogP contribution in [0.4, 0.5) is 0 Å². The number of terminal acetylenes is 1. The molecule has 0 fully saturated rings. The second-order valence-corrected chi connectivity index (χ2v) is 2.54.